The van der Waals surface area contributed by atoms with Crippen LogP contribution in [0.25, 0.3) is 0 Å². The summed E-state index contributed by atoms with van der Waals surface area (Å²) in [6, 6.07) is 21.6. The van der Waals surface area contributed by atoms with E-state index in [-0.39, 0.29) is 0 Å². The molecule has 6 heteroatoms. The maximum atomic E-state index is 4.84. The first-order valence-corrected chi connectivity index (χ1v) is 11.7. The zero-order chi connectivity index (χ0) is 22.0. The van der Waals surface area contributed by atoms with E-state index >= 15 is 0 Å². The lowest BCUT2D eigenvalue weighted by Crippen LogP contribution is -2.42. The molecular formula is C26H34N6. The summed E-state index contributed by atoms with van der Waals surface area (Å²) in [5.74, 6) is 1.80. The van der Waals surface area contributed by atoms with Crippen molar-refractivity contribution in [2.75, 3.05) is 26.2 Å². The summed E-state index contributed by atoms with van der Waals surface area (Å²) < 4.78 is 2.17. The SMILES string of the molecule is CCNC(=NCc1nccn1Cc1ccccc1)NCC(c1ccccc1)N1CCCC1. The van der Waals surface area contributed by atoms with Crippen molar-refractivity contribution in [2.45, 2.75) is 38.9 Å². The van der Waals surface area contributed by atoms with Gasteiger partial charge >= 0.3 is 0 Å². The van der Waals surface area contributed by atoms with Crippen LogP contribution in [0.4, 0.5) is 0 Å². The number of benzene rings is 2. The lowest BCUT2D eigenvalue weighted by atomic mass is 10.1. The van der Waals surface area contributed by atoms with E-state index in [4.69, 9.17) is 4.99 Å². The van der Waals surface area contributed by atoms with Crippen LogP contribution in [0.2, 0.25) is 0 Å². The van der Waals surface area contributed by atoms with Crippen LogP contribution in [0.3, 0.4) is 0 Å². The normalized spacial score (nSPS) is 15.6. The first-order chi connectivity index (χ1) is 15.8. The highest BCUT2D eigenvalue weighted by Crippen LogP contribution is 2.24. The second-order valence-electron chi connectivity index (χ2n) is 8.20. The molecule has 2 heterocycles. The molecule has 4 rings (SSSR count). The molecule has 1 aliphatic rings. The molecule has 0 radical (unpaired) electrons. The third kappa shape index (κ3) is 5.98. The third-order valence-corrected chi connectivity index (χ3v) is 5.95. The molecule has 3 aromatic rings. The van der Waals surface area contributed by atoms with Gasteiger partial charge in [-0.1, -0.05) is 60.7 Å². The van der Waals surface area contributed by atoms with Crippen LogP contribution in [-0.2, 0) is 13.1 Å². The van der Waals surface area contributed by atoms with Crippen molar-refractivity contribution < 1.29 is 0 Å². The van der Waals surface area contributed by atoms with Gasteiger partial charge in [0.25, 0.3) is 0 Å². The fourth-order valence-electron chi connectivity index (χ4n) is 4.29. The van der Waals surface area contributed by atoms with Crippen molar-refractivity contribution in [3.05, 3.63) is 90.0 Å². The molecule has 168 valence electrons. The van der Waals surface area contributed by atoms with Crippen LogP contribution >= 0.6 is 0 Å². The molecule has 0 aliphatic carbocycles. The number of hydrogen-bond acceptors (Lipinski definition) is 3. The van der Waals surface area contributed by atoms with Crippen LogP contribution in [0.15, 0.2) is 78.0 Å². The molecule has 1 aliphatic heterocycles. The molecule has 2 aromatic carbocycles. The van der Waals surface area contributed by atoms with Crippen LogP contribution in [0.1, 0.15) is 42.8 Å². The van der Waals surface area contributed by atoms with E-state index in [2.05, 4.69) is 86.6 Å². The molecular weight excluding hydrogens is 396 g/mol. The van der Waals surface area contributed by atoms with E-state index in [1.165, 1.54) is 24.0 Å². The summed E-state index contributed by atoms with van der Waals surface area (Å²) in [6.45, 7) is 7.41. The molecule has 0 amide bonds. The van der Waals surface area contributed by atoms with Crippen molar-refractivity contribution in [3.63, 3.8) is 0 Å². The van der Waals surface area contributed by atoms with Crippen molar-refractivity contribution in [2.24, 2.45) is 4.99 Å². The van der Waals surface area contributed by atoms with Crippen LogP contribution < -0.4 is 10.6 Å². The molecule has 0 spiro atoms. The number of hydrogen-bond donors (Lipinski definition) is 2. The molecule has 1 saturated heterocycles. The fourth-order valence-corrected chi connectivity index (χ4v) is 4.29. The molecule has 1 unspecified atom stereocenters. The van der Waals surface area contributed by atoms with E-state index in [9.17, 15) is 0 Å². The molecule has 1 aromatic heterocycles. The topological polar surface area (TPSA) is 57.5 Å². The van der Waals surface area contributed by atoms with Crippen molar-refractivity contribution in [1.29, 1.82) is 0 Å². The molecule has 0 saturated carbocycles. The number of imidazole rings is 1. The van der Waals surface area contributed by atoms with E-state index in [0.29, 0.717) is 12.6 Å². The summed E-state index contributed by atoms with van der Waals surface area (Å²) in [7, 11) is 0. The molecule has 1 atom stereocenters. The van der Waals surface area contributed by atoms with E-state index in [1.807, 2.05) is 18.5 Å². The largest absolute Gasteiger partial charge is 0.357 e. The van der Waals surface area contributed by atoms with Crippen molar-refractivity contribution >= 4 is 5.96 Å². The van der Waals surface area contributed by atoms with Gasteiger partial charge in [0, 0.05) is 32.0 Å². The number of nitrogens with zero attached hydrogens (tertiary/aromatic N) is 4. The number of guanidine groups is 1. The minimum atomic E-state index is 0.350. The van der Waals surface area contributed by atoms with Gasteiger partial charge in [0.2, 0.25) is 0 Å². The van der Waals surface area contributed by atoms with Gasteiger partial charge in [0.1, 0.15) is 12.4 Å². The Kier molecular flexibility index (Phi) is 7.93. The first kappa shape index (κ1) is 22.1. The number of aliphatic imine (C=N–C) groups is 1. The van der Waals surface area contributed by atoms with Crippen molar-refractivity contribution in [3.8, 4) is 0 Å². The van der Waals surface area contributed by atoms with Gasteiger partial charge in [0.15, 0.2) is 5.96 Å². The Morgan fingerprint density at radius 2 is 1.72 bits per heavy atom. The Balaban J connectivity index is 1.42. The third-order valence-electron chi connectivity index (χ3n) is 5.95. The second kappa shape index (κ2) is 11.5. The average Bonchev–Trinajstić information content (AvgIpc) is 3.52. The van der Waals surface area contributed by atoms with Gasteiger partial charge in [-0.15, -0.1) is 0 Å². The zero-order valence-electron chi connectivity index (χ0n) is 19.0. The standard InChI is InChI=1S/C26H34N6/c1-2-27-26(29-19-24(31-16-9-10-17-31)23-13-7-4-8-14-23)30-20-25-28-15-18-32(25)21-22-11-5-3-6-12-22/h3-8,11-15,18,24H,2,9-10,16-17,19-21H2,1H3,(H2,27,29,30). The maximum absolute atomic E-state index is 4.84. The summed E-state index contributed by atoms with van der Waals surface area (Å²) in [5, 5.41) is 6.98. The number of likely N-dealkylation sites (tertiary alicyclic amines) is 1. The van der Waals surface area contributed by atoms with E-state index in [0.717, 1.165) is 44.5 Å². The Morgan fingerprint density at radius 3 is 2.44 bits per heavy atom. The Bertz CT molecular complexity index is 960. The highest BCUT2D eigenvalue weighted by atomic mass is 15.2. The smallest absolute Gasteiger partial charge is 0.191 e. The maximum Gasteiger partial charge on any atom is 0.191 e. The number of nitrogens with one attached hydrogen (secondary N) is 2. The predicted molar refractivity (Wildman–Crippen MR) is 131 cm³/mol. The van der Waals surface area contributed by atoms with Gasteiger partial charge in [-0.2, -0.15) is 0 Å². The number of aromatic nitrogens is 2. The minimum Gasteiger partial charge on any atom is -0.357 e. The summed E-state index contributed by atoms with van der Waals surface area (Å²) >= 11 is 0. The summed E-state index contributed by atoms with van der Waals surface area (Å²) in [5.41, 5.74) is 2.62. The molecule has 1 fully saturated rings. The Labute approximate surface area is 191 Å². The van der Waals surface area contributed by atoms with Crippen LogP contribution in [-0.4, -0.2) is 46.6 Å². The zero-order valence-corrected chi connectivity index (χ0v) is 19.0. The van der Waals surface area contributed by atoms with Gasteiger partial charge in [-0.25, -0.2) is 9.98 Å². The van der Waals surface area contributed by atoms with Gasteiger partial charge in [-0.05, 0) is 44.0 Å². The molecule has 6 nitrogen and oxygen atoms in total. The second-order valence-corrected chi connectivity index (χ2v) is 8.20. The van der Waals surface area contributed by atoms with Gasteiger partial charge in [-0.3, -0.25) is 4.90 Å². The lowest BCUT2D eigenvalue weighted by molar-refractivity contribution is 0.245. The summed E-state index contributed by atoms with van der Waals surface area (Å²) in [6.07, 6.45) is 6.44. The molecule has 2 N–H and O–H groups in total. The van der Waals surface area contributed by atoms with Crippen LogP contribution in [0.5, 0.6) is 0 Å². The van der Waals surface area contributed by atoms with E-state index < -0.39 is 0 Å². The summed E-state index contributed by atoms with van der Waals surface area (Å²) in [4.78, 5) is 12.0. The highest BCUT2D eigenvalue weighted by Gasteiger charge is 2.23. The van der Waals surface area contributed by atoms with Gasteiger partial charge in [0.05, 0.1) is 6.04 Å². The van der Waals surface area contributed by atoms with Gasteiger partial charge < -0.3 is 15.2 Å². The Hall–Kier alpha value is -3.12. The van der Waals surface area contributed by atoms with E-state index in [1.54, 1.807) is 0 Å². The predicted octanol–water partition coefficient (Wildman–Crippen LogP) is 3.82. The fraction of sp³-hybridized carbons (Fsp3) is 0.385. The lowest BCUT2D eigenvalue weighted by Gasteiger charge is -2.29. The molecule has 32 heavy (non-hydrogen) atoms. The monoisotopic (exact) mass is 430 g/mol. The average molecular weight is 431 g/mol. The molecule has 0 bridgehead atoms. The van der Waals surface area contributed by atoms with Crippen molar-refractivity contribution in [1.82, 2.24) is 25.1 Å². The first-order valence-electron chi connectivity index (χ1n) is 11.7. The Morgan fingerprint density at radius 1 is 1.00 bits per heavy atom. The minimum absolute atomic E-state index is 0.350. The number of rotatable bonds is 9. The quantitative estimate of drug-likeness (QED) is 0.400. The highest BCUT2D eigenvalue weighted by molar-refractivity contribution is 5.79. The van der Waals surface area contributed by atoms with Crippen LogP contribution in [0, 0.1) is 0 Å².